The quantitative estimate of drug-likeness (QED) is 0.426. The molecule has 0 heterocycles. The van der Waals surface area contributed by atoms with Gasteiger partial charge in [0.15, 0.2) is 0 Å². The standard InChI is InChI=1S/C25H25N/c1-19-14-16-23(17-15-19)21(3)26-25(24-12-8-5-9-13-24)18-20(2)22-10-6-4-7-11-22/h4,6-8,10-18H,2,5,9H2,1,3H3/b25-18-,26-21?. The third kappa shape index (κ3) is 4.58. The van der Waals surface area contributed by atoms with E-state index in [1.165, 1.54) is 11.1 Å². The summed E-state index contributed by atoms with van der Waals surface area (Å²) < 4.78 is 0. The topological polar surface area (TPSA) is 12.4 Å². The number of allylic oxidation sites excluding steroid dienone is 5. The first kappa shape index (κ1) is 17.9. The maximum Gasteiger partial charge on any atom is 0.0708 e. The van der Waals surface area contributed by atoms with Crippen molar-refractivity contribution in [1.29, 1.82) is 0 Å². The lowest BCUT2D eigenvalue weighted by Crippen LogP contribution is -1.98. The fourth-order valence-corrected chi connectivity index (χ4v) is 2.92. The van der Waals surface area contributed by atoms with Crippen molar-refractivity contribution >= 4 is 11.3 Å². The molecule has 0 fully saturated rings. The molecule has 0 saturated carbocycles. The van der Waals surface area contributed by atoms with Crippen LogP contribution in [0.5, 0.6) is 0 Å². The van der Waals surface area contributed by atoms with E-state index >= 15 is 0 Å². The number of benzene rings is 2. The molecule has 0 spiro atoms. The largest absolute Gasteiger partial charge is 0.253 e. The minimum absolute atomic E-state index is 0.966. The van der Waals surface area contributed by atoms with E-state index in [1.54, 1.807) is 0 Å². The second-order valence-electron chi connectivity index (χ2n) is 6.62. The Balaban J connectivity index is 1.98. The summed E-state index contributed by atoms with van der Waals surface area (Å²) in [6, 6.07) is 18.8. The third-order valence-electron chi connectivity index (χ3n) is 4.50. The Labute approximate surface area is 156 Å². The van der Waals surface area contributed by atoms with E-state index in [0.29, 0.717) is 0 Å². The molecule has 0 N–H and O–H groups in total. The number of nitrogens with zero attached hydrogens (tertiary/aromatic N) is 1. The minimum atomic E-state index is 0.966. The van der Waals surface area contributed by atoms with E-state index in [0.717, 1.165) is 41.0 Å². The van der Waals surface area contributed by atoms with Crippen LogP contribution >= 0.6 is 0 Å². The highest BCUT2D eigenvalue weighted by Crippen LogP contribution is 2.24. The Morgan fingerprint density at radius 3 is 2.35 bits per heavy atom. The van der Waals surface area contributed by atoms with Crippen LogP contribution < -0.4 is 0 Å². The summed E-state index contributed by atoms with van der Waals surface area (Å²) >= 11 is 0. The molecule has 1 aliphatic rings. The fourth-order valence-electron chi connectivity index (χ4n) is 2.92. The Hall–Kier alpha value is -2.93. The number of hydrogen-bond donors (Lipinski definition) is 0. The first-order valence-electron chi connectivity index (χ1n) is 9.09. The zero-order valence-corrected chi connectivity index (χ0v) is 15.6. The molecular weight excluding hydrogens is 314 g/mol. The van der Waals surface area contributed by atoms with Crippen LogP contribution in [0.15, 0.2) is 102 Å². The molecule has 0 bridgehead atoms. The summed E-state index contributed by atoms with van der Waals surface area (Å²) in [5, 5.41) is 0. The van der Waals surface area contributed by atoms with Gasteiger partial charge in [-0.25, -0.2) is 0 Å². The lowest BCUT2D eigenvalue weighted by Gasteiger charge is -2.11. The molecule has 0 saturated heterocycles. The molecule has 0 radical (unpaired) electrons. The maximum atomic E-state index is 4.96. The van der Waals surface area contributed by atoms with Crippen LogP contribution in [-0.2, 0) is 0 Å². The Morgan fingerprint density at radius 2 is 1.69 bits per heavy atom. The van der Waals surface area contributed by atoms with Gasteiger partial charge in [0.25, 0.3) is 0 Å². The van der Waals surface area contributed by atoms with Crippen LogP contribution in [0.25, 0.3) is 5.57 Å². The van der Waals surface area contributed by atoms with Crippen molar-refractivity contribution in [2.24, 2.45) is 4.99 Å². The van der Waals surface area contributed by atoms with Crippen molar-refractivity contribution in [3.05, 3.63) is 113 Å². The lowest BCUT2D eigenvalue weighted by molar-refractivity contribution is 1.02. The average molecular weight is 339 g/mol. The van der Waals surface area contributed by atoms with Gasteiger partial charge in [0.05, 0.1) is 5.70 Å². The number of rotatable bonds is 5. The summed E-state index contributed by atoms with van der Waals surface area (Å²) in [6.07, 6.45) is 10.9. The Bertz CT molecular complexity index is 891. The second-order valence-corrected chi connectivity index (χ2v) is 6.62. The lowest BCUT2D eigenvalue weighted by atomic mass is 10.00. The van der Waals surface area contributed by atoms with Gasteiger partial charge in [0.1, 0.15) is 0 Å². The van der Waals surface area contributed by atoms with Gasteiger partial charge in [-0.1, -0.05) is 85.0 Å². The van der Waals surface area contributed by atoms with Crippen molar-refractivity contribution in [2.75, 3.05) is 0 Å². The minimum Gasteiger partial charge on any atom is -0.253 e. The van der Waals surface area contributed by atoms with Crippen LogP contribution in [0.1, 0.15) is 36.5 Å². The monoisotopic (exact) mass is 339 g/mol. The first-order chi connectivity index (χ1) is 12.6. The predicted octanol–water partition coefficient (Wildman–Crippen LogP) is 6.68. The van der Waals surface area contributed by atoms with Crippen LogP contribution in [0, 0.1) is 6.92 Å². The number of aryl methyl sites for hydroxylation is 1. The van der Waals surface area contributed by atoms with Gasteiger partial charge >= 0.3 is 0 Å². The summed E-state index contributed by atoms with van der Waals surface area (Å²) in [7, 11) is 0. The Morgan fingerprint density at radius 1 is 0.962 bits per heavy atom. The molecule has 0 aromatic heterocycles. The smallest absolute Gasteiger partial charge is 0.0708 e. The molecule has 0 aliphatic heterocycles. The summed E-state index contributed by atoms with van der Waals surface area (Å²) in [5.74, 6) is 0. The third-order valence-corrected chi connectivity index (χ3v) is 4.50. The first-order valence-corrected chi connectivity index (χ1v) is 9.09. The van der Waals surface area contributed by atoms with Gasteiger partial charge in [-0.3, -0.25) is 4.99 Å². The van der Waals surface area contributed by atoms with Crippen molar-refractivity contribution in [1.82, 2.24) is 0 Å². The van der Waals surface area contributed by atoms with E-state index in [-0.39, 0.29) is 0 Å². The molecule has 130 valence electrons. The van der Waals surface area contributed by atoms with Crippen LogP contribution in [0.2, 0.25) is 0 Å². The number of aliphatic imine (C=N–C) groups is 1. The molecule has 1 heteroatoms. The van der Waals surface area contributed by atoms with Gasteiger partial charge in [-0.2, -0.15) is 0 Å². The molecule has 0 amide bonds. The fraction of sp³-hybridized carbons (Fsp3) is 0.160. The van der Waals surface area contributed by atoms with E-state index in [9.17, 15) is 0 Å². The molecule has 26 heavy (non-hydrogen) atoms. The van der Waals surface area contributed by atoms with Crippen molar-refractivity contribution < 1.29 is 0 Å². The van der Waals surface area contributed by atoms with Crippen LogP contribution in [0.4, 0.5) is 0 Å². The second kappa shape index (κ2) is 8.44. The van der Waals surface area contributed by atoms with Crippen LogP contribution in [0.3, 0.4) is 0 Å². The molecule has 2 aromatic rings. The zero-order valence-electron chi connectivity index (χ0n) is 15.6. The highest BCUT2D eigenvalue weighted by atomic mass is 14.8. The van der Waals surface area contributed by atoms with Gasteiger partial charge in [0, 0.05) is 5.71 Å². The maximum absolute atomic E-state index is 4.96. The molecule has 2 aromatic carbocycles. The SMILES string of the molecule is C=C(/C=C(\N=C(C)c1ccc(C)cc1)C1=CCCC=C1)c1ccccc1. The van der Waals surface area contributed by atoms with Gasteiger partial charge in [0.2, 0.25) is 0 Å². The molecule has 0 atom stereocenters. The van der Waals surface area contributed by atoms with E-state index < -0.39 is 0 Å². The molecule has 1 aliphatic carbocycles. The zero-order chi connectivity index (χ0) is 18.4. The Kier molecular flexibility index (Phi) is 5.80. The van der Waals surface area contributed by atoms with Gasteiger partial charge in [-0.15, -0.1) is 0 Å². The van der Waals surface area contributed by atoms with Gasteiger partial charge < -0.3 is 0 Å². The molecule has 3 rings (SSSR count). The van der Waals surface area contributed by atoms with E-state index in [4.69, 9.17) is 4.99 Å². The van der Waals surface area contributed by atoms with E-state index in [2.05, 4.69) is 81.1 Å². The van der Waals surface area contributed by atoms with E-state index in [1.807, 2.05) is 18.2 Å². The highest BCUT2D eigenvalue weighted by Gasteiger charge is 2.07. The number of hydrogen-bond acceptors (Lipinski definition) is 1. The van der Waals surface area contributed by atoms with Crippen molar-refractivity contribution in [3.63, 3.8) is 0 Å². The van der Waals surface area contributed by atoms with Crippen LogP contribution in [-0.4, -0.2) is 5.71 Å². The van der Waals surface area contributed by atoms with Gasteiger partial charge in [-0.05, 0) is 55.0 Å². The molecular formula is C25H25N. The van der Waals surface area contributed by atoms with Crippen molar-refractivity contribution in [3.8, 4) is 0 Å². The summed E-state index contributed by atoms with van der Waals surface area (Å²) in [6.45, 7) is 8.42. The average Bonchev–Trinajstić information content (AvgIpc) is 2.69. The molecule has 0 unspecified atom stereocenters. The summed E-state index contributed by atoms with van der Waals surface area (Å²) in [5.41, 5.74) is 7.64. The highest BCUT2D eigenvalue weighted by molar-refractivity contribution is 5.99. The predicted molar refractivity (Wildman–Crippen MR) is 113 cm³/mol. The summed E-state index contributed by atoms with van der Waals surface area (Å²) in [4.78, 5) is 4.96. The molecule has 1 nitrogen and oxygen atoms in total. The normalized spacial score (nSPS) is 14.9. The van der Waals surface area contributed by atoms with Crippen molar-refractivity contribution in [2.45, 2.75) is 26.7 Å².